The molecule has 1 N–H and O–H groups in total. The van der Waals surface area contributed by atoms with Crippen LogP contribution in [0.5, 0.6) is 0 Å². The molecule has 0 saturated heterocycles. The molecule has 2 rings (SSSR count). The first-order chi connectivity index (χ1) is 11.0. The van der Waals surface area contributed by atoms with Crippen LogP contribution in [0.4, 0.5) is 5.69 Å². The molecule has 5 nitrogen and oxygen atoms in total. The van der Waals surface area contributed by atoms with Crippen LogP contribution in [0.3, 0.4) is 0 Å². The molecule has 2 aromatic rings. The number of halogens is 2. The van der Waals surface area contributed by atoms with Gasteiger partial charge in [0.05, 0.1) is 16.8 Å². The number of rotatable bonds is 4. The molecule has 1 amide bonds. The molecule has 7 heteroatoms. The van der Waals surface area contributed by atoms with Crippen molar-refractivity contribution in [3.05, 3.63) is 63.6 Å². The maximum Gasteiger partial charge on any atom is 0.338 e. The van der Waals surface area contributed by atoms with E-state index < -0.39 is 18.5 Å². The minimum atomic E-state index is -0.724. The summed E-state index contributed by atoms with van der Waals surface area (Å²) in [5, 5.41) is 12.0. The summed E-state index contributed by atoms with van der Waals surface area (Å²) in [6.07, 6.45) is 0. The van der Waals surface area contributed by atoms with Crippen molar-refractivity contribution in [1.29, 1.82) is 5.26 Å². The number of amides is 1. The van der Waals surface area contributed by atoms with Crippen molar-refractivity contribution in [2.24, 2.45) is 0 Å². The highest BCUT2D eigenvalue weighted by molar-refractivity contribution is 6.35. The molecule has 116 valence electrons. The summed E-state index contributed by atoms with van der Waals surface area (Å²) in [6, 6.07) is 12.7. The third-order valence-corrected chi connectivity index (χ3v) is 3.19. The lowest BCUT2D eigenvalue weighted by Gasteiger charge is -2.08. The first-order valence-corrected chi connectivity index (χ1v) is 7.17. The summed E-state index contributed by atoms with van der Waals surface area (Å²) in [7, 11) is 0. The Morgan fingerprint density at radius 1 is 1.13 bits per heavy atom. The van der Waals surface area contributed by atoms with E-state index in [2.05, 4.69) is 5.32 Å². The van der Waals surface area contributed by atoms with E-state index in [-0.39, 0.29) is 15.6 Å². The highest BCUT2D eigenvalue weighted by atomic mass is 35.5. The second kappa shape index (κ2) is 7.63. The van der Waals surface area contributed by atoms with Gasteiger partial charge in [-0.1, -0.05) is 35.3 Å². The number of nitriles is 1. The Balaban J connectivity index is 1.96. The molecule has 0 radical (unpaired) electrons. The molecule has 2 aromatic carbocycles. The van der Waals surface area contributed by atoms with E-state index in [0.717, 1.165) is 0 Å². The van der Waals surface area contributed by atoms with Crippen LogP contribution in [0.1, 0.15) is 15.9 Å². The molecule has 0 heterocycles. The molecule has 0 bridgehead atoms. The van der Waals surface area contributed by atoms with Crippen molar-refractivity contribution < 1.29 is 14.3 Å². The van der Waals surface area contributed by atoms with E-state index in [4.69, 9.17) is 33.2 Å². The summed E-state index contributed by atoms with van der Waals surface area (Å²) in [6.45, 7) is -0.497. The normalized spacial score (nSPS) is 9.78. The van der Waals surface area contributed by atoms with E-state index in [1.54, 1.807) is 24.3 Å². The molecule has 23 heavy (non-hydrogen) atoms. The average molecular weight is 349 g/mol. The quantitative estimate of drug-likeness (QED) is 0.855. The lowest BCUT2D eigenvalue weighted by atomic mass is 10.2. The molecule has 0 aliphatic rings. The van der Waals surface area contributed by atoms with Gasteiger partial charge in [0.15, 0.2) is 6.61 Å². The Hall–Kier alpha value is -2.55. The smallest absolute Gasteiger partial charge is 0.338 e. The Morgan fingerprint density at radius 3 is 2.43 bits per heavy atom. The van der Waals surface area contributed by atoms with E-state index >= 15 is 0 Å². The number of nitrogens with zero attached hydrogens (tertiary/aromatic N) is 1. The Morgan fingerprint density at radius 2 is 1.78 bits per heavy atom. The van der Waals surface area contributed by atoms with Crippen molar-refractivity contribution in [2.45, 2.75) is 0 Å². The average Bonchev–Trinajstić information content (AvgIpc) is 2.52. The number of para-hydroxylation sites is 1. The molecular formula is C16H10Cl2N2O3. The first-order valence-electron chi connectivity index (χ1n) is 6.42. The third kappa shape index (κ3) is 4.71. The minimum Gasteiger partial charge on any atom is -0.452 e. The zero-order chi connectivity index (χ0) is 16.8. The second-order valence-electron chi connectivity index (χ2n) is 4.44. The second-order valence-corrected chi connectivity index (χ2v) is 5.31. The predicted octanol–water partition coefficient (Wildman–Crippen LogP) is 3.66. The highest BCUT2D eigenvalue weighted by Gasteiger charge is 2.13. The summed E-state index contributed by atoms with van der Waals surface area (Å²) in [5.41, 5.74) is 0.809. The SMILES string of the molecule is N#Cc1ccccc1NC(=O)COC(=O)c1cc(Cl)cc(Cl)c1. The van der Waals surface area contributed by atoms with Gasteiger partial charge in [-0.25, -0.2) is 4.79 Å². The largest absolute Gasteiger partial charge is 0.452 e. The van der Waals surface area contributed by atoms with Crippen molar-refractivity contribution in [1.82, 2.24) is 0 Å². The van der Waals surface area contributed by atoms with Gasteiger partial charge < -0.3 is 10.1 Å². The number of benzene rings is 2. The molecule has 0 unspecified atom stereocenters. The van der Waals surface area contributed by atoms with Crippen molar-refractivity contribution in [3.8, 4) is 6.07 Å². The van der Waals surface area contributed by atoms with E-state index in [0.29, 0.717) is 11.3 Å². The topological polar surface area (TPSA) is 79.2 Å². The lowest BCUT2D eigenvalue weighted by molar-refractivity contribution is -0.119. The van der Waals surface area contributed by atoms with Gasteiger partial charge in [-0.05, 0) is 30.3 Å². The zero-order valence-electron chi connectivity index (χ0n) is 11.7. The molecular weight excluding hydrogens is 339 g/mol. The minimum absolute atomic E-state index is 0.146. The van der Waals surface area contributed by atoms with Gasteiger partial charge in [0.1, 0.15) is 6.07 Å². The molecule has 0 spiro atoms. The van der Waals surface area contributed by atoms with Gasteiger partial charge in [-0.3, -0.25) is 4.79 Å². The van der Waals surface area contributed by atoms with Gasteiger partial charge >= 0.3 is 5.97 Å². The number of carbonyl (C=O) groups excluding carboxylic acids is 2. The third-order valence-electron chi connectivity index (χ3n) is 2.75. The van der Waals surface area contributed by atoms with E-state index in [1.807, 2.05) is 6.07 Å². The number of esters is 1. The van der Waals surface area contributed by atoms with Crippen LogP contribution in [-0.4, -0.2) is 18.5 Å². The fourth-order valence-electron chi connectivity index (χ4n) is 1.76. The van der Waals surface area contributed by atoms with Crippen LogP contribution in [0.15, 0.2) is 42.5 Å². The fourth-order valence-corrected chi connectivity index (χ4v) is 2.29. The van der Waals surface area contributed by atoms with Crippen LogP contribution in [0, 0.1) is 11.3 Å². The Bertz CT molecular complexity index is 780. The summed E-state index contributed by atoms with van der Waals surface area (Å²) in [5.74, 6) is -1.28. The Labute approximate surface area is 142 Å². The Kier molecular flexibility index (Phi) is 5.58. The van der Waals surface area contributed by atoms with Crippen LogP contribution in [0.25, 0.3) is 0 Å². The maximum absolute atomic E-state index is 11.9. The molecule has 0 atom stereocenters. The fraction of sp³-hybridized carbons (Fsp3) is 0.0625. The maximum atomic E-state index is 11.9. The summed E-state index contributed by atoms with van der Waals surface area (Å²) >= 11 is 11.6. The number of ether oxygens (including phenoxy) is 1. The van der Waals surface area contributed by atoms with Crippen LogP contribution >= 0.6 is 23.2 Å². The zero-order valence-corrected chi connectivity index (χ0v) is 13.2. The van der Waals surface area contributed by atoms with Crippen LogP contribution in [-0.2, 0) is 9.53 Å². The van der Waals surface area contributed by atoms with Gasteiger partial charge in [-0.15, -0.1) is 0 Å². The number of nitrogens with one attached hydrogen (secondary N) is 1. The van der Waals surface area contributed by atoms with Gasteiger partial charge in [0, 0.05) is 10.0 Å². The first kappa shape index (κ1) is 16.8. The van der Waals surface area contributed by atoms with Crippen LogP contribution in [0.2, 0.25) is 10.0 Å². The molecule has 0 aliphatic carbocycles. The standard InChI is InChI=1S/C16H10Cl2N2O3/c17-12-5-11(6-13(18)7-12)16(22)23-9-15(21)20-14-4-2-1-3-10(14)8-19/h1-7H,9H2,(H,20,21). The lowest BCUT2D eigenvalue weighted by Crippen LogP contribution is -2.21. The van der Waals surface area contributed by atoms with E-state index in [1.165, 1.54) is 18.2 Å². The number of carbonyl (C=O) groups is 2. The van der Waals surface area contributed by atoms with Crippen molar-refractivity contribution in [3.63, 3.8) is 0 Å². The monoisotopic (exact) mass is 348 g/mol. The van der Waals surface area contributed by atoms with Crippen molar-refractivity contribution >= 4 is 40.8 Å². The highest BCUT2D eigenvalue weighted by Crippen LogP contribution is 2.19. The molecule has 0 aromatic heterocycles. The van der Waals surface area contributed by atoms with E-state index in [9.17, 15) is 9.59 Å². The summed E-state index contributed by atoms with van der Waals surface area (Å²) in [4.78, 5) is 23.7. The molecule has 0 fully saturated rings. The van der Waals surface area contributed by atoms with Gasteiger partial charge in [0.2, 0.25) is 0 Å². The van der Waals surface area contributed by atoms with Gasteiger partial charge in [-0.2, -0.15) is 5.26 Å². The number of hydrogen-bond donors (Lipinski definition) is 1. The molecule has 0 saturated carbocycles. The predicted molar refractivity (Wildman–Crippen MR) is 86.5 cm³/mol. The molecule has 0 aliphatic heterocycles. The number of anilines is 1. The van der Waals surface area contributed by atoms with Gasteiger partial charge in [0.25, 0.3) is 5.91 Å². The van der Waals surface area contributed by atoms with Crippen molar-refractivity contribution in [2.75, 3.05) is 11.9 Å². The van der Waals surface area contributed by atoms with Crippen LogP contribution < -0.4 is 5.32 Å². The summed E-state index contributed by atoms with van der Waals surface area (Å²) < 4.78 is 4.89. The number of hydrogen-bond acceptors (Lipinski definition) is 4.